The summed E-state index contributed by atoms with van der Waals surface area (Å²) in [5, 5.41) is 0. The number of hydrogen-bond donors (Lipinski definition) is 1. The van der Waals surface area contributed by atoms with Crippen molar-refractivity contribution in [2.75, 3.05) is 6.61 Å². The Morgan fingerprint density at radius 3 is 2.56 bits per heavy atom. The Morgan fingerprint density at radius 2 is 1.94 bits per heavy atom. The molecule has 3 heteroatoms. The molecule has 0 bridgehead atoms. The van der Waals surface area contributed by atoms with Crippen molar-refractivity contribution >= 4 is 15.9 Å². The molecule has 1 atom stereocenters. The highest BCUT2D eigenvalue weighted by Crippen LogP contribution is 2.28. The lowest BCUT2D eigenvalue weighted by atomic mass is 10.1. The minimum absolute atomic E-state index is 0.0596. The van der Waals surface area contributed by atoms with Gasteiger partial charge in [0.1, 0.15) is 5.75 Å². The molecule has 0 aliphatic carbocycles. The molecule has 0 fully saturated rings. The first-order valence-electron chi connectivity index (χ1n) is 6.83. The third-order valence-corrected chi connectivity index (χ3v) is 3.61. The van der Waals surface area contributed by atoms with Gasteiger partial charge in [-0.2, -0.15) is 0 Å². The molecule has 0 aliphatic rings. The van der Waals surface area contributed by atoms with E-state index in [0.29, 0.717) is 0 Å². The maximum absolute atomic E-state index is 5.84. The van der Waals surface area contributed by atoms with Crippen molar-refractivity contribution in [2.45, 2.75) is 52.0 Å². The molecule has 1 aromatic carbocycles. The molecule has 1 rings (SSSR count). The maximum atomic E-state index is 5.84. The van der Waals surface area contributed by atoms with Gasteiger partial charge in [-0.05, 0) is 47.0 Å². The first-order valence-corrected chi connectivity index (χ1v) is 7.62. The van der Waals surface area contributed by atoms with Crippen LogP contribution >= 0.6 is 15.9 Å². The molecule has 0 aromatic heterocycles. The fourth-order valence-electron chi connectivity index (χ4n) is 1.81. The quantitative estimate of drug-likeness (QED) is 0.698. The van der Waals surface area contributed by atoms with Crippen molar-refractivity contribution in [2.24, 2.45) is 5.73 Å². The minimum atomic E-state index is 0.0596. The van der Waals surface area contributed by atoms with Gasteiger partial charge in [0.2, 0.25) is 0 Å². The van der Waals surface area contributed by atoms with Crippen molar-refractivity contribution in [3.63, 3.8) is 0 Å². The Morgan fingerprint density at radius 1 is 1.22 bits per heavy atom. The fourth-order valence-corrected chi connectivity index (χ4v) is 2.32. The third kappa shape index (κ3) is 5.40. The number of halogens is 1. The van der Waals surface area contributed by atoms with E-state index in [9.17, 15) is 0 Å². The average Bonchev–Trinajstić information content (AvgIpc) is 2.35. The van der Waals surface area contributed by atoms with Gasteiger partial charge in [0, 0.05) is 6.04 Å². The number of unbranched alkanes of at least 4 members (excludes halogenated alkanes) is 4. The number of ether oxygens (including phenoxy) is 1. The standard InChI is InChI=1S/C15H24BrNO/c1-3-4-5-6-7-10-18-15-9-8-13(12(2)17)11-14(15)16/h8-9,11-12H,3-7,10,17H2,1-2H3/t12-/m0/s1. The predicted octanol–water partition coefficient (Wildman–Crippen LogP) is 4.82. The fraction of sp³-hybridized carbons (Fsp3) is 0.600. The van der Waals surface area contributed by atoms with Gasteiger partial charge in [0.15, 0.2) is 0 Å². The maximum Gasteiger partial charge on any atom is 0.133 e. The molecule has 0 saturated heterocycles. The van der Waals surface area contributed by atoms with Crippen LogP contribution in [0.1, 0.15) is 57.6 Å². The average molecular weight is 314 g/mol. The third-order valence-electron chi connectivity index (χ3n) is 2.99. The van der Waals surface area contributed by atoms with E-state index < -0.39 is 0 Å². The van der Waals surface area contributed by atoms with Crippen LogP contribution in [0.5, 0.6) is 5.75 Å². The van der Waals surface area contributed by atoms with Gasteiger partial charge in [-0.3, -0.25) is 0 Å². The molecule has 2 nitrogen and oxygen atoms in total. The Balaban J connectivity index is 2.34. The molecule has 0 spiro atoms. The highest BCUT2D eigenvalue weighted by Gasteiger charge is 2.05. The van der Waals surface area contributed by atoms with Crippen LogP contribution < -0.4 is 10.5 Å². The van der Waals surface area contributed by atoms with Gasteiger partial charge in [0.25, 0.3) is 0 Å². The largest absolute Gasteiger partial charge is 0.492 e. The van der Waals surface area contributed by atoms with Crippen LogP contribution in [0.3, 0.4) is 0 Å². The summed E-state index contributed by atoms with van der Waals surface area (Å²) in [5.74, 6) is 0.912. The lowest BCUT2D eigenvalue weighted by molar-refractivity contribution is 0.302. The number of rotatable bonds is 8. The molecule has 18 heavy (non-hydrogen) atoms. The van der Waals surface area contributed by atoms with Crippen LogP contribution in [0.4, 0.5) is 0 Å². The second kappa shape index (κ2) is 8.54. The normalized spacial score (nSPS) is 12.4. The second-order valence-electron chi connectivity index (χ2n) is 4.74. The molecule has 1 aromatic rings. The van der Waals surface area contributed by atoms with Crippen LogP contribution in [0, 0.1) is 0 Å². The van der Waals surface area contributed by atoms with E-state index in [4.69, 9.17) is 10.5 Å². The van der Waals surface area contributed by atoms with Crippen LogP contribution in [0.25, 0.3) is 0 Å². The van der Waals surface area contributed by atoms with Gasteiger partial charge in [-0.25, -0.2) is 0 Å². The molecular weight excluding hydrogens is 290 g/mol. The van der Waals surface area contributed by atoms with Crippen molar-refractivity contribution < 1.29 is 4.74 Å². The molecule has 0 radical (unpaired) electrons. The molecular formula is C15H24BrNO. The van der Waals surface area contributed by atoms with Gasteiger partial charge < -0.3 is 10.5 Å². The van der Waals surface area contributed by atoms with E-state index in [0.717, 1.165) is 28.8 Å². The first-order chi connectivity index (χ1) is 8.65. The zero-order valence-electron chi connectivity index (χ0n) is 11.4. The van der Waals surface area contributed by atoms with E-state index in [1.54, 1.807) is 0 Å². The minimum Gasteiger partial charge on any atom is -0.492 e. The summed E-state index contributed by atoms with van der Waals surface area (Å²) in [7, 11) is 0. The highest BCUT2D eigenvalue weighted by molar-refractivity contribution is 9.10. The summed E-state index contributed by atoms with van der Waals surface area (Å²) in [6.07, 6.45) is 6.30. The van der Waals surface area contributed by atoms with Crippen molar-refractivity contribution in [1.82, 2.24) is 0 Å². The number of nitrogens with two attached hydrogens (primary N) is 1. The summed E-state index contributed by atoms with van der Waals surface area (Å²) in [6, 6.07) is 6.12. The summed E-state index contributed by atoms with van der Waals surface area (Å²) in [5.41, 5.74) is 6.96. The van der Waals surface area contributed by atoms with E-state index in [1.165, 1.54) is 25.7 Å². The van der Waals surface area contributed by atoms with Crippen molar-refractivity contribution in [3.05, 3.63) is 28.2 Å². The Hall–Kier alpha value is -0.540. The van der Waals surface area contributed by atoms with Crippen LogP contribution in [0.2, 0.25) is 0 Å². The van der Waals surface area contributed by atoms with Gasteiger partial charge in [-0.15, -0.1) is 0 Å². The molecule has 102 valence electrons. The Kier molecular flexibility index (Phi) is 7.36. The van der Waals surface area contributed by atoms with E-state index in [-0.39, 0.29) is 6.04 Å². The molecule has 0 aliphatic heterocycles. The second-order valence-corrected chi connectivity index (χ2v) is 5.60. The summed E-state index contributed by atoms with van der Waals surface area (Å²) >= 11 is 3.53. The van der Waals surface area contributed by atoms with Gasteiger partial charge in [-0.1, -0.05) is 38.7 Å². The van der Waals surface area contributed by atoms with Gasteiger partial charge in [0.05, 0.1) is 11.1 Å². The monoisotopic (exact) mass is 313 g/mol. The molecule has 2 N–H and O–H groups in total. The smallest absolute Gasteiger partial charge is 0.133 e. The van der Waals surface area contributed by atoms with Crippen LogP contribution in [-0.4, -0.2) is 6.61 Å². The predicted molar refractivity (Wildman–Crippen MR) is 81.0 cm³/mol. The Bertz CT molecular complexity index is 352. The zero-order valence-corrected chi connectivity index (χ0v) is 13.0. The molecule has 0 amide bonds. The van der Waals surface area contributed by atoms with Crippen molar-refractivity contribution in [3.8, 4) is 5.75 Å². The van der Waals surface area contributed by atoms with Crippen LogP contribution in [0.15, 0.2) is 22.7 Å². The first kappa shape index (κ1) is 15.5. The lowest BCUT2D eigenvalue weighted by Crippen LogP contribution is -2.05. The summed E-state index contributed by atoms with van der Waals surface area (Å²) < 4.78 is 6.76. The topological polar surface area (TPSA) is 35.2 Å². The number of hydrogen-bond acceptors (Lipinski definition) is 2. The van der Waals surface area contributed by atoms with E-state index >= 15 is 0 Å². The molecule has 0 heterocycles. The zero-order chi connectivity index (χ0) is 13.4. The lowest BCUT2D eigenvalue weighted by Gasteiger charge is -2.11. The van der Waals surface area contributed by atoms with Gasteiger partial charge >= 0.3 is 0 Å². The van der Waals surface area contributed by atoms with E-state index in [1.807, 2.05) is 25.1 Å². The molecule has 0 unspecified atom stereocenters. The molecule has 0 saturated carbocycles. The van der Waals surface area contributed by atoms with Crippen molar-refractivity contribution in [1.29, 1.82) is 0 Å². The highest BCUT2D eigenvalue weighted by atomic mass is 79.9. The Labute approximate surface area is 119 Å². The SMILES string of the molecule is CCCCCCCOc1ccc([C@H](C)N)cc1Br. The summed E-state index contributed by atoms with van der Waals surface area (Å²) in [6.45, 7) is 5.00. The van der Waals surface area contributed by atoms with E-state index in [2.05, 4.69) is 22.9 Å². The summed E-state index contributed by atoms with van der Waals surface area (Å²) in [4.78, 5) is 0. The number of benzene rings is 1. The van der Waals surface area contributed by atoms with Crippen LogP contribution in [-0.2, 0) is 0 Å².